The van der Waals surface area contributed by atoms with Gasteiger partial charge >= 0.3 is 0 Å². The Morgan fingerprint density at radius 2 is 1.31 bits per heavy atom. The van der Waals surface area contributed by atoms with Gasteiger partial charge in [0.05, 0.1) is 10.5 Å². The highest BCUT2D eigenvalue weighted by molar-refractivity contribution is 8.04. The second-order valence-electron chi connectivity index (χ2n) is 7.39. The summed E-state index contributed by atoms with van der Waals surface area (Å²) < 4.78 is 0. The Hall–Kier alpha value is -1.75. The summed E-state index contributed by atoms with van der Waals surface area (Å²) in [6.45, 7) is 0. The van der Waals surface area contributed by atoms with E-state index in [1.54, 1.807) is 24.3 Å². The predicted octanol–water partition coefficient (Wildman–Crippen LogP) is 6.59. The number of rotatable bonds is 4. The molecule has 150 valence electrons. The number of thioether (sulfide) groups is 1. The van der Waals surface area contributed by atoms with Crippen LogP contribution in [0.3, 0.4) is 0 Å². The minimum absolute atomic E-state index is 0.0249. The van der Waals surface area contributed by atoms with Gasteiger partial charge in [-0.3, -0.25) is 14.5 Å². The van der Waals surface area contributed by atoms with Crippen molar-refractivity contribution in [2.45, 2.75) is 49.5 Å². The smallest absolute Gasteiger partial charge is 0.268 e. The van der Waals surface area contributed by atoms with Gasteiger partial charge in [-0.05, 0) is 54.8 Å². The van der Waals surface area contributed by atoms with E-state index in [4.69, 9.17) is 23.2 Å². The van der Waals surface area contributed by atoms with Crippen molar-refractivity contribution < 1.29 is 9.59 Å². The molecule has 1 aliphatic carbocycles. The Morgan fingerprint density at radius 3 is 1.90 bits per heavy atom. The Morgan fingerprint density at radius 1 is 0.759 bits per heavy atom. The molecule has 0 N–H and O–H groups in total. The Balaban J connectivity index is 1.73. The summed E-state index contributed by atoms with van der Waals surface area (Å²) in [5, 5.41) is 1.23. The fourth-order valence-corrected chi connectivity index (χ4v) is 5.21. The third kappa shape index (κ3) is 4.40. The fraction of sp³-hybridized carbons (Fsp3) is 0.304. The molecule has 2 aliphatic rings. The molecule has 1 saturated carbocycles. The van der Waals surface area contributed by atoms with Crippen LogP contribution in [-0.4, -0.2) is 22.8 Å². The third-order valence-electron chi connectivity index (χ3n) is 5.43. The lowest BCUT2D eigenvalue weighted by molar-refractivity contribution is -0.139. The van der Waals surface area contributed by atoms with Gasteiger partial charge in [-0.15, -0.1) is 0 Å². The molecule has 0 unspecified atom stereocenters. The molecule has 1 aliphatic heterocycles. The van der Waals surface area contributed by atoms with E-state index >= 15 is 0 Å². The van der Waals surface area contributed by atoms with Crippen LogP contribution in [0, 0.1) is 0 Å². The van der Waals surface area contributed by atoms with Crippen LogP contribution in [0.2, 0.25) is 10.0 Å². The molecule has 1 heterocycles. The van der Waals surface area contributed by atoms with Crippen LogP contribution >= 0.6 is 35.0 Å². The highest BCUT2D eigenvalue weighted by Gasteiger charge is 2.42. The first-order valence-corrected chi connectivity index (χ1v) is 11.4. The molecule has 0 spiro atoms. The van der Waals surface area contributed by atoms with Gasteiger partial charge in [0, 0.05) is 21.0 Å². The zero-order valence-electron chi connectivity index (χ0n) is 15.9. The van der Waals surface area contributed by atoms with E-state index in [1.165, 1.54) is 16.7 Å². The maximum Gasteiger partial charge on any atom is 0.268 e. The first-order valence-electron chi connectivity index (χ1n) is 9.86. The number of nitrogens with zero attached hydrogens (tertiary/aromatic N) is 1. The Labute approximate surface area is 185 Å². The van der Waals surface area contributed by atoms with E-state index < -0.39 is 0 Å². The molecule has 6 heteroatoms. The molecule has 0 radical (unpaired) electrons. The minimum Gasteiger partial charge on any atom is -0.271 e. The second-order valence-corrected chi connectivity index (χ2v) is 9.35. The summed E-state index contributed by atoms with van der Waals surface area (Å²) in [5.74, 6) is -0.382. The van der Waals surface area contributed by atoms with Gasteiger partial charge < -0.3 is 0 Å². The predicted molar refractivity (Wildman–Crippen MR) is 119 cm³/mol. The lowest BCUT2D eigenvalue weighted by Crippen LogP contribution is -2.40. The van der Waals surface area contributed by atoms with Crippen molar-refractivity contribution in [3.63, 3.8) is 0 Å². The maximum absolute atomic E-state index is 13.4. The van der Waals surface area contributed by atoms with Crippen LogP contribution in [-0.2, 0) is 9.59 Å². The normalized spacial score (nSPS) is 18.5. The van der Waals surface area contributed by atoms with Gasteiger partial charge in [-0.2, -0.15) is 0 Å². The zero-order valence-corrected chi connectivity index (χ0v) is 18.2. The van der Waals surface area contributed by atoms with Crippen LogP contribution < -0.4 is 0 Å². The summed E-state index contributed by atoms with van der Waals surface area (Å²) in [5.41, 5.74) is 1.19. The number of benzene rings is 2. The van der Waals surface area contributed by atoms with Crippen molar-refractivity contribution in [3.05, 3.63) is 69.0 Å². The number of amides is 2. The molecule has 0 aromatic heterocycles. The van der Waals surface area contributed by atoms with E-state index in [0.717, 1.165) is 49.0 Å². The molecule has 2 aromatic carbocycles. The van der Waals surface area contributed by atoms with E-state index in [2.05, 4.69) is 0 Å². The van der Waals surface area contributed by atoms with Crippen molar-refractivity contribution in [1.29, 1.82) is 0 Å². The van der Waals surface area contributed by atoms with E-state index in [0.29, 0.717) is 20.5 Å². The van der Waals surface area contributed by atoms with Crippen molar-refractivity contribution in [3.8, 4) is 0 Å². The molecule has 0 bridgehead atoms. The van der Waals surface area contributed by atoms with Gasteiger partial charge in [-0.1, -0.05) is 72.8 Å². The Kier molecular flexibility index (Phi) is 6.33. The largest absolute Gasteiger partial charge is 0.271 e. The van der Waals surface area contributed by atoms with E-state index in [-0.39, 0.29) is 17.9 Å². The Bertz CT molecular complexity index is 946. The molecule has 1 fully saturated rings. The number of hydrogen-bond donors (Lipinski definition) is 0. The van der Waals surface area contributed by atoms with Crippen LogP contribution in [0.4, 0.5) is 0 Å². The molecule has 2 amide bonds. The maximum atomic E-state index is 13.4. The summed E-state index contributed by atoms with van der Waals surface area (Å²) >= 11 is 13.4. The second kappa shape index (κ2) is 8.95. The minimum atomic E-state index is -0.194. The van der Waals surface area contributed by atoms with Crippen LogP contribution in [0.25, 0.3) is 5.57 Å². The van der Waals surface area contributed by atoms with Crippen molar-refractivity contribution in [2.75, 3.05) is 0 Å². The number of carbonyl (C=O) groups is 2. The van der Waals surface area contributed by atoms with Crippen molar-refractivity contribution in [1.82, 2.24) is 4.90 Å². The van der Waals surface area contributed by atoms with Crippen LogP contribution in [0.5, 0.6) is 0 Å². The van der Waals surface area contributed by atoms with Gasteiger partial charge in [0.2, 0.25) is 0 Å². The average Bonchev–Trinajstić information content (AvgIpc) is 2.88. The van der Waals surface area contributed by atoms with Crippen molar-refractivity contribution >= 4 is 52.4 Å². The summed E-state index contributed by atoms with van der Waals surface area (Å²) in [6.07, 6.45) is 6.19. The van der Waals surface area contributed by atoms with Gasteiger partial charge in [-0.25, -0.2) is 0 Å². The molecule has 3 nitrogen and oxygen atoms in total. The number of halogens is 2. The summed E-state index contributed by atoms with van der Waals surface area (Å²) in [6, 6.07) is 14.4. The first-order chi connectivity index (χ1) is 14.0. The third-order valence-corrected chi connectivity index (χ3v) is 7.02. The van der Waals surface area contributed by atoms with Gasteiger partial charge in [0.25, 0.3) is 11.8 Å². The van der Waals surface area contributed by atoms with Crippen molar-refractivity contribution in [2.24, 2.45) is 0 Å². The molecule has 0 atom stereocenters. The number of carbonyl (C=O) groups excluding carboxylic acids is 2. The van der Waals surface area contributed by atoms with Gasteiger partial charge in [0.1, 0.15) is 0 Å². The zero-order chi connectivity index (χ0) is 20.4. The highest BCUT2D eigenvalue weighted by Crippen LogP contribution is 2.42. The molecule has 0 saturated heterocycles. The van der Waals surface area contributed by atoms with Gasteiger partial charge in [0.15, 0.2) is 0 Å². The number of imide groups is 1. The topological polar surface area (TPSA) is 37.4 Å². The summed E-state index contributed by atoms with van der Waals surface area (Å²) in [4.78, 5) is 29.7. The molecule has 2 aromatic rings. The summed E-state index contributed by atoms with van der Waals surface area (Å²) in [7, 11) is 0. The fourth-order valence-electron chi connectivity index (χ4n) is 3.96. The number of hydrogen-bond acceptors (Lipinski definition) is 3. The monoisotopic (exact) mass is 445 g/mol. The SMILES string of the molecule is O=C1C(Sc2ccc(Cl)cc2)=C(c2ccc(Cl)cc2)C(=O)N1C1CCCCCC1. The molecule has 4 rings (SSSR count). The molecule has 29 heavy (non-hydrogen) atoms. The van der Waals surface area contributed by atoms with E-state index in [1.807, 2.05) is 24.3 Å². The lowest BCUT2D eigenvalue weighted by atomic mass is 10.0. The molecular formula is C23H21Cl2NO2S. The standard InChI is InChI=1S/C23H21Cl2NO2S/c24-16-9-7-15(8-10-16)20-21(29-19-13-11-17(25)12-14-19)23(28)26(22(20)27)18-5-3-1-2-4-6-18/h7-14,18H,1-6H2. The van der Waals surface area contributed by atoms with E-state index in [9.17, 15) is 9.59 Å². The molecular weight excluding hydrogens is 425 g/mol. The van der Waals surface area contributed by atoms with Crippen LogP contribution in [0.15, 0.2) is 58.3 Å². The quantitative estimate of drug-likeness (QED) is 0.393. The highest BCUT2D eigenvalue weighted by atomic mass is 35.5. The van der Waals surface area contributed by atoms with Crippen LogP contribution in [0.1, 0.15) is 44.1 Å². The first kappa shape index (κ1) is 20.5. The lowest BCUT2D eigenvalue weighted by Gasteiger charge is -2.25. The average molecular weight is 446 g/mol.